The van der Waals surface area contributed by atoms with Gasteiger partial charge in [-0.2, -0.15) is 5.10 Å². The molecule has 0 unspecified atom stereocenters. The maximum absolute atomic E-state index is 6.08. The topological polar surface area (TPSA) is 69.6 Å². The van der Waals surface area contributed by atoms with Crippen LogP contribution in [0.5, 0.6) is 0 Å². The Kier molecular flexibility index (Phi) is 3.02. The highest BCUT2D eigenvalue weighted by Crippen LogP contribution is 2.19. The van der Waals surface area contributed by atoms with E-state index < -0.39 is 0 Å². The zero-order valence-corrected chi connectivity index (χ0v) is 10.8. The molecule has 0 radical (unpaired) electrons. The summed E-state index contributed by atoms with van der Waals surface area (Å²) in [5, 5.41) is 5.01. The molecule has 2 heterocycles. The molecular formula is C11H14ClN5. The van der Waals surface area contributed by atoms with E-state index >= 15 is 0 Å². The van der Waals surface area contributed by atoms with Gasteiger partial charge in [0.05, 0.1) is 16.4 Å². The Morgan fingerprint density at radius 2 is 2.00 bits per heavy atom. The number of aryl methyl sites for hydroxylation is 2. The highest BCUT2D eigenvalue weighted by Gasteiger charge is 2.10. The van der Waals surface area contributed by atoms with Crippen molar-refractivity contribution >= 4 is 17.4 Å². The normalized spacial score (nSPS) is 10.8. The molecule has 0 aliphatic heterocycles. The van der Waals surface area contributed by atoms with Crippen LogP contribution in [0.1, 0.15) is 22.9 Å². The van der Waals surface area contributed by atoms with Crippen LogP contribution in [-0.4, -0.2) is 19.7 Å². The lowest BCUT2D eigenvalue weighted by Gasteiger charge is -2.05. The Labute approximate surface area is 105 Å². The van der Waals surface area contributed by atoms with Crippen molar-refractivity contribution in [2.45, 2.75) is 27.3 Å². The average Bonchev–Trinajstić information content (AvgIpc) is 2.45. The maximum Gasteiger partial charge on any atom is 0.152 e. The van der Waals surface area contributed by atoms with Crippen molar-refractivity contribution in [3.8, 4) is 0 Å². The van der Waals surface area contributed by atoms with Gasteiger partial charge in [0.1, 0.15) is 12.4 Å². The minimum atomic E-state index is 0.472. The average molecular weight is 252 g/mol. The van der Waals surface area contributed by atoms with E-state index in [1.807, 2.05) is 20.8 Å². The fraction of sp³-hybridized carbons (Fsp3) is 0.364. The molecule has 0 bridgehead atoms. The largest absolute Gasteiger partial charge is 0.384 e. The molecule has 6 heteroatoms. The van der Waals surface area contributed by atoms with Gasteiger partial charge in [0, 0.05) is 11.8 Å². The molecule has 0 spiro atoms. The first-order valence-corrected chi connectivity index (χ1v) is 5.64. The number of anilines is 1. The van der Waals surface area contributed by atoms with Gasteiger partial charge in [0.25, 0.3) is 0 Å². The van der Waals surface area contributed by atoms with Crippen molar-refractivity contribution < 1.29 is 0 Å². The lowest BCUT2D eigenvalue weighted by Crippen LogP contribution is -2.09. The summed E-state index contributed by atoms with van der Waals surface area (Å²) in [7, 11) is 0. The van der Waals surface area contributed by atoms with Crippen molar-refractivity contribution in [3.05, 3.63) is 34.0 Å². The fourth-order valence-electron chi connectivity index (χ4n) is 1.69. The Hall–Kier alpha value is -1.62. The van der Waals surface area contributed by atoms with E-state index in [0.29, 0.717) is 23.2 Å². The lowest BCUT2D eigenvalue weighted by atomic mass is 10.4. The van der Waals surface area contributed by atoms with E-state index in [2.05, 4.69) is 15.1 Å². The first-order chi connectivity index (χ1) is 7.97. The summed E-state index contributed by atoms with van der Waals surface area (Å²) in [6.07, 6.45) is 0. The lowest BCUT2D eigenvalue weighted by molar-refractivity contribution is 0.631. The van der Waals surface area contributed by atoms with Crippen LogP contribution in [0.3, 0.4) is 0 Å². The van der Waals surface area contributed by atoms with Gasteiger partial charge in [-0.15, -0.1) is 0 Å². The molecule has 0 atom stereocenters. The van der Waals surface area contributed by atoms with Crippen LogP contribution in [0.15, 0.2) is 6.07 Å². The first-order valence-electron chi connectivity index (χ1n) is 5.27. The predicted octanol–water partition coefficient (Wildman–Crippen LogP) is 1.88. The van der Waals surface area contributed by atoms with Gasteiger partial charge in [-0.25, -0.2) is 9.97 Å². The van der Waals surface area contributed by atoms with Gasteiger partial charge in [0.2, 0.25) is 0 Å². The maximum atomic E-state index is 6.08. The number of hydrogen-bond donors (Lipinski definition) is 1. The summed E-state index contributed by atoms with van der Waals surface area (Å²) in [6.45, 7) is 6.15. The van der Waals surface area contributed by atoms with Gasteiger partial charge in [-0.05, 0) is 20.8 Å². The van der Waals surface area contributed by atoms with Crippen LogP contribution < -0.4 is 5.73 Å². The molecule has 90 valence electrons. The number of aromatic nitrogens is 4. The fourth-order valence-corrected chi connectivity index (χ4v) is 1.83. The van der Waals surface area contributed by atoms with Crippen LogP contribution in [0.4, 0.5) is 5.82 Å². The second-order valence-electron chi connectivity index (χ2n) is 3.99. The SMILES string of the molecule is Cc1cc(N)nc(Cn2nc(C)c(Cl)c2C)n1. The van der Waals surface area contributed by atoms with Gasteiger partial charge in [0.15, 0.2) is 5.82 Å². The summed E-state index contributed by atoms with van der Waals surface area (Å²) in [5.41, 5.74) is 8.25. The summed E-state index contributed by atoms with van der Waals surface area (Å²) in [5.74, 6) is 1.12. The molecule has 2 aromatic rings. The summed E-state index contributed by atoms with van der Waals surface area (Å²) in [6, 6.07) is 1.73. The van der Waals surface area contributed by atoms with Gasteiger partial charge in [-0.3, -0.25) is 4.68 Å². The highest BCUT2D eigenvalue weighted by atomic mass is 35.5. The van der Waals surface area contributed by atoms with Crippen LogP contribution >= 0.6 is 11.6 Å². The third-order valence-electron chi connectivity index (χ3n) is 2.50. The predicted molar refractivity (Wildman–Crippen MR) is 67.0 cm³/mol. The molecule has 0 amide bonds. The van der Waals surface area contributed by atoms with Gasteiger partial charge < -0.3 is 5.73 Å². The second-order valence-corrected chi connectivity index (χ2v) is 4.37. The molecule has 0 fully saturated rings. The van der Waals surface area contributed by atoms with Crippen LogP contribution in [0.25, 0.3) is 0 Å². The number of nitrogen functional groups attached to an aromatic ring is 1. The minimum absolute atomic E-state index is 0.472. The van der Waals surface area contributed by atoms with Crippen LogP contribution in [0.2, 0.25) is 5.02 Å². The Morgan fingerprint density at radius 3 is 2.53 bits per heavy atom. The molecule has 2 rings (SSSR count). The van der Waals surface area contributed by atoms with E-state index in [1.165, 1.54) is 0 Å². The van der Waals surface area contributed by atoms with E-state index in [1.54, 1.807) is 10.7 Å². The molecule has 2 N–H and O–H groups in total. The quantitative estimate of drug-likeness (QED) is 0.885. The van der Waals surface area contributed by atoms with Crippen LogP contribution in [0, 0.1) is 20.8 Å². The molecule has 5 nitrogen and oxygen atoms in total. The van der Waals surface area contributed by atoms with E-state index in [-0.39, 0.29) is 0 Å². The summed E-state index contributed by atoms with van der Waals surface area (Å²) < 4.78 is 1.78. The van der Waals surface area contributed by atoms with E-state index in [4.69, 9.17) is 17.3 Å². The molecule has 0 aliphatic carbocycles. The zero-order valence-electron chi connectivity index (χ0n) is 10.0. The third kappa shape index (κ3) is 2.39. The number of hydrogen-bond acceptors (Lipinski definition) is 4. The number of rotatable bonds is 2. The standard InChI is InChI=1S/C11H14ClN5/c1-6-4-9(13)15-10(14-6)5-17-8(3)11(12)7(2)16-17/h4H,5H2,1-3H3,(H2,13,14,15). The van der Waals surface area contributed by atoms with E-state index in [0.717, 1.165) is 17.1 Å². The number of halogens is 1. The van der Waals surface area contributed by atoms with Crippen molar-refractivity contribution in [1.82, 2.24) is 19.7 Å². The zero-order chi connectivity index (χ0) is 12.6. The Morgan fingerprint density at radius 1 is 1.29 bits per heavy atom. The first kappa shape index (κ1) is 11.9. The molecule has 0 aliphatic rings. The summed E-state index contributed by atoms with van der Waals surface area (Å²) in [4.78, 5) is 8.49. The molecule has 2 aromatic heterocycles. The number of nitrogens with two attached hydrogens (primary N) is 1. The van der Waals surface area contributed by atoms with Crippen molar-refractivity contribution in [2.24, 2.45) is 0 Å². The van der Waals surface area contributed by atoms with Crippen molar-refractivity contribution in [3.63, 3.8) is 0 Å². The monoisotopic (exact) mass is 251 g/mol. The smallest absolute Gasteiger partial charge is 0.152 e. The molecular weight excluding hydrogens is 238 g/mol. The molecule has 0 saturated heterocycles. The van der Waals surface area contributed by atoms with Crippen LogP contribution in [-0.2, 0) is 6.54 Å². The van der Waals surface area contributed by atoms with Gasteiger partial charge in [-0.1, -0.05) is 11.6 Å². The van der Waals surface area contributed by atoms with Crippen molar-refractivity contribution in [2.75, 3.05) is 5.73 Å². The van der Waals surface area contributed by atoms with Gasteiger partial charge >= 0.3 is 0 Å². The molecule has 0 saturated carbocycles. The highest BCUT2D eigenvalue weighted by molar-refractivity contribution is 6.31. The molecule has 0 aromatic carbocycles. The third-order valence-corrected chi connectivity index (χ3v) is 3.05. The van der Waals surface area contributed by atoms with Crippen molar-refractivity contribution in [1.29, 1.82) is 0 Å². The molecule has 17 heavy (non-hydrogen) atoms. The Bertz CT molecular complexity index is 541. The number of nitrogens with zero attached hydrogens (tertiary/aromatic N) is 4. The van der Waals surface area contributed by atoms with E-state index in [9.17, 15) is 0 Å². The minimum Gasteiger partial charge on any atom is -0.384 e. The second kappa shape index (κ2) is 4.33. The summed E-state index contributed by atoms with van der Waals surface area (Å²) >= 11 is 6.08. The Balaban J connectivity index is 2.34.